The van der Waals surface area contributed by atoms with Gasteiger partial charge in [-0.05, 0) is 43.7 Å². The second kappa shape index (κ2) is 9.08. The van der Waals surface area contributed by atoms with Crippen molar-refractivity contribution < 1.29 is 18.7 Å². The lowest BCUT2D eigenvalue weighted by Gasteiger charge is -2.16. The maximum atomic E-state index is 13.7. The average Bonchev–Trinajstić information content (AvgIpc) is 2.73. The largest absolute Gasteiger partial charge is 0.468 e. The molecule has 7 nitrogen and oxygen atoms in total. The summed E-state index contributed by atoms with van der Waals surface area (Å²) in [6.45, 7) is 2.94. The van der Waals surface area contributed by atoms with E-state index in [1.54, 1.807) is 50.2 Å². The summed E-state index contributed by atoms with van der Waals surface area (Å²) in [5.41, 5.74) is 0.859. The molecule has 0 saturated heterocycles. The Morgan fingerprint density at radius 1 is 1.27 bits per heavy atom. The van der Waals surface area contributed by atoms with Gasteiger partial charge in [-0.3, -0.25) is 19.0 Å². The van der Waals surface area contributed by atoms with Crippen molar-refractivity contribution in [2.45, 2.75) is 30.8 Å². The third-order valence-electron chi connectivity index (χ3n) is 4.43. The van der Waals surface area contributed by atoms with Gasteiger partial charge in [0.25, 0.3) is 5.56 Å². The highest BCUT2D eigenvalue weighted by atomic mass is 32.2. The first kappa shape index (κ1) is 21.5. The number of thioether (sulfide) groups is 1. The number of aryl methyl sites for hydroxylation is 1. The number of nitrogens with zero attached hydrogens (tertiary/aromatic N) is 2. The van der Waals surface area contributed by atoms with Crippen LogP contribution in [0.3, 0.4) is 0 Å². The fourth-order valence-electron chi connectivity index (χ4n) is 2.70. The van der Waals surface area contributed by atoms with Gasteiger partial charge in [-0.25, -0.2) is 9.37 Å². The van der Waals surface area contributed by atoms with Gasteiger partial charge in [-0.1, -0.05) is 30.0 Å². The zero-order valence-corrected chi connectivity index (χ0v) is 17.5. The van der Waals surface area contributed by atoms with Gasteiger partial charge in [0.2, 0.25) is 5.91 Å². The van der Waals surface area contributed by atoms with Crippen molar-refractivity contribution in [1.29, 1.82) is 0 Å². The van der Waals surface area contributed by atoms with E-state index in [0.717, 1.165) is 11.8 Å². The van der Waals surface area contributed by atoms with E-state index < -0.39 is 28.5 Å². The minimum absolute atomic E-state index is 0.210. The van der Waals surface area contributed by atoms with Gasteiger partial charge in [0, 0.05) is 5.69 Å². The Hall–Kier alpha value is -3.20. The molecule has 0 saturated carbocycles. The molecule has 0 bridgehead atoms. The van der Waals surface area contributed by atoms with E-state index in [0.29, 0.717) is 22.2 Å². The Bertz CT molecular complexity index is 1180. The van der Waals surface area contributed by atoms with Crippen LogP contribution in [0.2, 0.25) is 0 Å². The Morgan fingerprint density at radius 2 is 2.00 bits per heavy atom. The van der Waals surface area contributed by atoms with Crippen LogP contribution in [0.5, 0.6) is 0 Å². The van der Waals surface area contributed by atoms with Crippen LogP contribution in [0, 0.1) is 12.7 Å². The van der Waals surface area contributed by atoms with E-state index in [9.17, 15) is 18.8 Å². The number of amides is 1. The molecule has 9 heteroatoms. The summed E-state index contributed by atoms with van der Waals surface area (Å²) in [6, 6.07) is 11.2. The molecule has 1 N–H and O–H groups in total. The molecule has 1 atom stereocenters. The molecule has 2 aromatic carbocycles. The highest BCUT2D eigenvalue weighted by molar-refractivity contribution is 8.00. The second-order valence-electron chi connectivity index (χ2n) is 6.59. The number of aromatic nitrogens is 2. The van der Waals surface area contributed by atoms with Crippen molar-refractivity contribution in [3.8, 4) is 0 Å². The molecule has 1 aromatic heterocycles. The van der Waals surface area contributed by atoms with Crippen molar-refractivity contribution in [2.75, 3.05) is 12.4 Å². The summed E-state index contributed by atoms with van der Waals surface area (Å²) in [7, 11) is 1.23. The van der Waals surface area contributed by atoms with Crippen molar-refractivity contribution in [1.82, 2.24) is 9.55 Å². The van der Waals surface area contributed by atoms with Crippen LogP contribution in [0.15, 0.2) is 52.4 Å². The Labute approximate surface area is 176 Å². The van der Waals surface area contributed by atoms with Crippen LogP contribution in [0.1, 0.15) is 12.5 Å². The van der Waals surface area contributed by atoms with E-state index >= 15 is 0 Å². The number of halogens is 1. The van der Waals surface area contributed by atoms with Crippen LogP contribution in [-0.2, 0) is 20.9 Å². The van der Waals surface area contributed by atoms with Crippen molar-refractivity contribution in [3.63, 3.8) is 0 Å². The molecule has 1 unspecified atom stereocenters. The van der Waals surface area contributed by atoms with Gasteiger partial charge >= 0.3 is 5.97 Å². The second-order valence-corrected chi connectivity index (χ2v) is 7.90. The van der Waals surface area contributed by atoms with Crippen LogP contribution in [-0.4, -0.2) is 33.8 Å². The Kier molecular flexibility index (Phi) is 6.51. The lowest BCUT2D eigenvalue weighted by Crippen LogP contribution is -2.29. The Balaban J connectivity index is 1.89. The lowest BCUT2D eigenvalue weighted by atomic mass is 10.2. The number of ether oxygens (including phenoxy) is 1. The predicted octanol–water partition coefficient (Wildman–Crippen LogP) is 3.14. The molecule has 3 aromatic rings. The van der Waals surface area contributed by atoms with E-state index in [-0.39, 0.29) is 11.7 Å². The highest BCUT2D eigenvalue weighted by Crippen LogP contribution is 2.24. The van der Waals surface area contributed by atoms with E-state index in [4.69, 9.17) is 0 Å². The summed E-state index contributed by atoms with van der Waals surface area (Å²) in [5.74, 6) is -1.42. The quantitative estimate of drug-likeness (QED) is 0.368. The van der Waals surface area contributed by atoms with Crippen molar-refractivity contribution in [2.24, 2.45) is 0 Å². The summed E-state index contributed by atoms with van der Waals surface area (Å²) in [6.07, 6.45) is 0. The first-order chi connectivity index (χ1) is 14.3. The molecular weight excluding hydrogens is 409 g/mol. The minimum Gasteiger partial charge on any atom is -0.468 e. The molecular formula is C21H20FN3O4S. The average molecular weight is 429 g/mol. The number of carbonyl (C=O) groups is 2. The predicted molar refractivity (Wildman–Crippen MR) is 113 cm³/mol. The third kappa shape index (κ3) is 4.68. The molecule has 1 heterocycles. The normalized spacial score (nSPS) is 11.9. The summed E-state index contributed by atoms with van der Waals surface area (Å²) >= 11 is 1.02. The van der Waals surface area contributed by atoms with Crippen LogP contribution >= 0.6 is 11.8 Å². The monoisotopic (exact) mass is 429 g/mol. The molecule has 156 valence electrons. The van der Waals surface area contributed by atoms with Crippen molar-refractivity contribution >= 4 is 40.2 Å². The van der Waals surface area contributed by atoms with E-state index in [2.05, 4.69) is 15.0 Å². The number of carbonyl (C=O) groups excluding carboxylic acids is 2. The fourth-order valence-corrected chi connectivity index (χ4v) is 3.60. The molecule has 3 rings (SSSR count). The van der Waals surface area contributed by atoms with Crippen molar-refractivity contribution in [3.05, 3.63) is 64.2 Å². The van der Waals surface area contributed by atoms with Gasteiger partial charge in [0.15, 0.2) is 5.16 Å². The standard InChI is InChI=1S/C21H20FN3O4S/c1-12-8-9-14(10-16(12)22)23-19(27)13(2)30-21-24-17-7-5-4-6-15(17)20(28)25(21)11-18(26)29-3/h4-10,13H,11H2,1-3H3,(H,23,27). The number of nitrogens with one attached hydrogen (secondary N) is 1. The number of anilines is 1. The smallest absolute Gasteiger partial charge is 0.325 e. The summed E-state index contributed by atoms with van der Waals surface area (Å²) < 4.78 is 19.6. The molecule has 0 aliphatic rings. The van der Waals surface area contributed by atoms with Gasteiger partial charge in [0.05, 0.1) is 23.3 Å². The first-order valence-electron chi connectivity index (χ1n) is 9.10. The molecule has 30 heavy (non-hydrogen) atoms. The lowest BCUT2D eigenvalue weighted by molar-refractivity contribution is -0.141. The van der Waals surface area contributed by atoms with Crippen LogP contribution in [0.4, 0.5) is 10.1 Å². The fraction of sp³-hybridized carbons (Fsp3) is 0.238. The van der Waals surface area contributed by atoms with Gasteiger partial charge in [-0.15, -0.1) is 0 Å². The molecule has 0 fully saturated rings. The van der Waals surface area contributed by atoms with Gasteiger partial charge < -0.3 is 10.1 Å². The van der Waals surface area contributed by atoms with Crippen LogP contribution < -0.4 is 10.9 Å². The number of esters is 1. The number of hydrogen-bond acceptors (Lipinski definition) is 6. The van der Waals surface area contributed by atoms with E-state index in [1.165, 1.54) is 17.7 Å². The third-order valence-corrected chi connectivity index (χ3v) is 5.52. The highest BCUT2D eigenvalue weighted by Gasteiger charge is 2.21. The molecule has 0 spiro atoms. The number of para-hydroxylation sites is 1. The van der Waals surface area contributed by atoms with Gasteiger partial charge in [0.1, 0.15) is 12.4 Å². The minimum atomic E-state index is -0.675. The molecule has 0 aliphatic heterocycles. The summed E-state index contributed by atoms with van der Waals surface area (Å²) in [4.78, 5) is 41.7. The Morgan fingerprint density at radius 3 is 2.70 bits per heavy atom. The molecule has 1 amide bonds. The number of fused-ring (bicyclic) bond motifs is 1. The number of rotatable bonds is 6. The maximum absolute atomic E-state index is 13.7. The number of methoxy groups -OCH3 is 1. The molecule has 0 aliphatic carbocycles. The SMILES string of the molecule is COC(=O)Cn1c(SC(C)C(=O)Nc2ccc(C)c(F)c2)nc2ccccc2c1=O. The summed E-state index contributed by atoms with van der Waals surface area (Å²) in [5, 5.41) is 2.54. The number of benzene rings is 2. The van der Waals surface area contributed by atoms with Gasteiger partial charge in [-0.2, -0.15) is 0 Å². The zero-order chi connectivity index (χ0) is 21.8. The van der Waals surface area contributed by atoms with E-state index in [1.807, 2.05) is 0 Å². The maximum Gasteiger partial charge on any atom is 0.325 e. The molecule has 0 radical (unpaired) electrons. The van der Waals surface area contributed by atoms with Crippen LogP contribution in [0.25, 0.3) is 10.9 Å². The topological polar surface area (TPSA) is 90.3 Å². The number of hydrogen-bond donors (Lipinski definition) is 1. The first-order valence-corrected chi connectivity index (χ1v) is 9.98. The zero-order valence-electron chi connectivity index (χ0n) is 16.6.